The lowest BCUT2D eigenvalue weighted by molar-refractivity contribution is -0.192. The Hall–Kier alpha value is -4.63. The molecule has 1 amide bonds. The number of pyridine rings is 1. The van der Waals surface area contributed by atoms with Crippen LogP contribution in [0.3, 0.4) is 0 Å². The van der Waals surface area contributed by atoms with Crippen LogP contribution < -0.4 is 5.32 Å². The van der Waals surface area contributed by atoms with Gasteiger partial charge in [0.25, 0.3) is 0 Å². The second kappa shape index (κ2) is 20.2. The first-order valence-electron chi connectivity index (χ1n) is 19.2. The molecule has 2 aliphatic heterocycles. The quantitative estimate of drug-likeness (QED) is 0.147. The monoisotopic (exact) mass is 807 g/mol. The summed E-state index contributed by atoms with van der Waals surface area (Å²) >= 11 is 0. The van der Waals surface area contributed by atoms with Gasteiger partial charge >= 0.3 is 12.1 Å². The van der Waals surface area contributed by atoms with Crippen molar-refractivity contribution in [3.05, 3.63) is 119 Å². The van der Waals surface area contributed by atoms with Gasteiger partial charge in [-0.05, 0) is 99.2 Å². The molecule has 0 unspecified atom stereocenters. The minimum absolute atomic E-state index is 0.110. The number of hydrogen-bond donors (Lipinski definition) is 2. The maximum Gasteiger partial charge on any atom is 0.490 e. The van der Waals surface area contributed by atoms with Crippen LogP contribution in [0.5, 0.6) is 0 Å². The topological polar surface area (TPSA) is 123 Å². The van der Waals surface area contributed by atoms with E-state index in [1.54, 1.807) is 12.1 Å². The second-order valence-corrected chi connectivity index (χ2v) is 16.9. The van der Waals surface area contributed by atoms with Gasteiger partial charge in [0.2, 0.25) is 5.91 Å². The molecule has 306 valence electrons. The molecule has 0 saturated carbocycles. The number of aromatic nitrogens is 1. The van der Waals surface area contributed by atoms with Gasteiger partial charge in [0.15, 0.2) is 9.84 Å². The SMILES string of the molecule is CN1CCC(C(=O)N(Cc2ccc(-c3ccc(CNCCc4ccc(S(C)(=O)=O)cc4)cn3)cc2)C2CCN(Cc3ccccc3)CC2)CC1.O=C(O)C(F)(F)F. The van der Waals surface area contributed by atoms with Gasteiger partial charge in [0, 0.05) is 62.7 Å². The summed E-state index contributed by atoms with van der Waals surface area (Å²) in [6.07, 6.45) is 2.77. The minimum atomic E-state index is -5.08. The van der Waals surface area contributed by atoms with Crippen LogP contribution in [0.2, 0.25) is 0 Å². The molecule has 2 aliphatic rings. The smallest absolute Gasteiger partial charge is 0.475 e. The molecular weight excluding hydrogens is 756 g/mol. The lowest BCUT2D eigenvalue weighted by atomic mass is 9.93. The maximum atomic E-state index is 14.1. The molecule has 14 heteroatoms. The number of piperidine rings is 2. The van der Waals surface area contributed by atoms with Crippen molar-refractivity contribution < 1.29 is 36.3 Å². The lowest BCUT2D eigenvalue weighted by Gasteiger charge is -2.41. The van der Waals surface area contributed by atoms with Gasteiger partial charge in [0.1, 0.15) is 0 Å². The van der Waals surface area contributed by atoms with Gasteiger partial charge in [-0.15, -0.1) is 0 Å². The predicted molar refractivity (Wildman–Crippen MR) is 214 cm³/mol. The molecule has 57 heavy (non-hydrogen) atoms. The standard InChI is InChI=1S/C41H51N5O3S.C2HF3O2/c1-44-24-19-37(20-25-44)41(47)46(38-21-26-45(27-22-38)30-33-6-4-3-5-7-33)31-34-8-13-36(14-9-34)40-17-12-35(29-43-40)28-42-23-18-32-10-15-39(16-11-32)50(2,48)49;3-2(4,5)1(6)7/h3-17,29,37-38,42H,18-28,30-31H2,1-2H3;(H,6,7). The number of likely N-dealkylation sites (tertiary alicyclic amines) is 2. The summed E-state index contributed by atoms with van der Waals surface area (Å²) in [7, 11) is -1.02. The van der Waals surface area contributed by atoms with Crippen LogP contribution >= 0.6 is 0 Å². The molecule has 0 atom stereocenters. The van der Waals surface area contributed by atoms with E-state index < -0.39 is 22.0 Å². The molecule has 0 spiro atoms. The minimum Gasteiger partial charge on any atom is -0.475 e. The van der Waals surface area contributed by atoms with Crippen molar-refractivity contribution in [2.45, 2.75) is 68.9 Å². The maximum absolute atomic E-state index is 14.1. The third kappa shape index (κ3) is 13.5. The zero-order valence-corrected chi connectivity index (χ0v) is 33.3. The highest BCUT2D eigenvalue weighted by molar-refractivity contribution is 7.90. The number of hydrogen-bond acceptors (Lipinski definition) is 8. The number of halogens is 3. The van der Waals surface area contributed by atoms with Crippen LogP contribution in [0.4, 0.5) is 13.2 Å². The lowest BCUT2D eigenvalue weighted by Crippen LogP contribution is -2.50. The molecule has 3 heterocycles. The van der Waals surface area contributed by atoms with Crippen LogP contribution in [-0.4, -0.2) is 103 Å². The molecule has 2 fully saturated rings. The first-order valence-corrected chi connectivity index (χ1v) is 21.1. The molecule has 10 nitrogen and oxygen atoms in total. The second-order valence-electron chi connectivity index (χ2n) is 14.9. The number of rotatable bonds is 13. The van der Waals surface area contributed by atoms with Crippen molar-refractivity contribution >= 4 is 21.7 Å². The summed E-state index contributed by atoms with van der Waals surface area (Å²) in [5, 5.41) is 10.6. The number of carboxylic acids is 1. The average molecular weight is 808 g/mol. The van der Waals surface area contributed by atoms with E-state index in [4.69, 9.17) is 14.9 Å². The predicted octanol–water partition coefficient (Wildman–Crippen LogP) is 6.45. The van der Waals surface area contributed by atoms with Gasteiger partial charge in [-0.25, -0.2) is 13.2 Å². The Morgan fingerprint density at radius 2 is 1.42 bits per heavy atom. The van der Waals surface area contributed by atoms with Gasteiger partial charge < -0.3 is 20.2 Å². The van der Waals surface area contributed by atoms with Crippen molar-refractivity contribution in [2.75, 3.05) is 46.0 Å². The summed E-state index contributed by atoms with van der Waals surface area (Å²) in [5.41, 5.74) is 6.70. The highest BCUT2D eigenvalue weighted by Crippen LogP contribution is 2.27. The number of amides is 1. The first-order chi connectivity index (χ1) is 27.2. The Morgan fingerprint density at radius 3 is 1.98 bits per heavy atom. The molecule has 2 saturated heterocycles. The molecule has 4 aromatic rings. The van der Waals surface area contributed by atoms with E-state index in [1.807, 2.05) is 18.3 Å². The van der Waals surface area contributed by atoms with Crippen LogP contribution in [0.15, 0.2) is 102 Å². The van der Waals surface area contributed by atoms with Gasteiger partial charge in [-0.3, -0.25) is 14.7 Å². The number of nitrogens with one attached hydrogen (secondary N) is 1. The largest absolute Gasteiger partial charge is 0.490 e. The average Bonchev–Trinajstić information content (AvgIpc) is 3.20. The highest BCUT2D eigenvalue weighted by Gasteiger charge is 2.38. The number of alkyl halides is 3. The highest BCUT2D eigenvalue weighted by atomic mass is 32.2. The van der Waals surface area contributed by atoms with Gasteiger partial charge in [0.05, 0.1) is 10.6 Å². The van der Waals surface area contributed by atoms with E-state index in [2.05, 4.69) is 93.8 Å². The number of benzene rings is 3. The number of carbonyl (C=O) groups excluding carboxylic acids is 1. The van der Waals surface area contributed by atoms with E-state index in [0.717, 1.165) is 99.3 Å². The molecule has 0 bridgehead atoms. The Labute approximate surface area is 333 Å². The van der Waals surface area contributed by atoms with Gasteiger partial charge in [-0.1, -0.05) is 72.8 Å². The Kier molecular flexibility index (Phi) is 15.4. The molecule has 1 aromatic heterocycles. The van der Waals surface area contributed by atoms with Crippen molar-refractivity contribution in [3.8, 4) is 11.3 Å². The van der Waals surface area contributed by atoms with Crippen LogP contribution in [-0.2, 0) is 45.5 Å². The van der Waals surface area contributed by atoms with E-state index in [9.17, 15) is 26.4 Å². The molecule has 2 N–H and O–H groups in total. The van der Waals surface area contributed by atoms with Crippen molar-refractivity contribution in [2.24, 2.45) is 5.92 Å². The summed E-state index contributed by atoms with van der Waals surface area (Å²) in [5.74, 6) is -2.31. The van der Waals surface area contributed by atoms with Gasteiger partial charge in [-0.2, -0.15) is 13.2 Å². The Balaban J connectivity index is 0.000000811. The fourth-order valence-electron chi connectivity index (χ4n) is 7.15. The van der Waals surface area contributed by atoms with Crippen LogP contribution in [0, 0.1) is 5.92 Å². The van der Waals surface area contributed by atoms with Crippen molar-refractivity contribution in [3.63, 3.8) is 0 Å². The number of aliphatic carboxylic acids is 1. The van der Waals surface area contributed by atoms with E-state index >= 15 is 0 Å². The first kappa shape index (κ1) is 43.5. The fourth-order valence-corrected chi connectivity index (χ4v) is 7.78. The molecule has 6 rings (SSSR count). The van der Waals surface area contributed by atoms with Crippen LogP contribution in [0.25, 0.3) is 11.3 Å². The van der Waals surface area contributed by atoms with E-state index in [1.165, 1.54) is 11.8 Å². The van der Waals surface area contributed by atoms with E-state index in [0.29, 0.717) is 23.9 Å². The summed E-state index contributed by atoms with van der Waals surface area (Å²) < 4.78 is 55.1. The Morgan fingerprint density at radius 1 is 0.825 bits per heavy atom. The summed E-state index contributed by atoms with van der Waals surface area (Å²) in [6, 6.07) is 30.8. The zero-order chi connectivity index (χ0) is 41.0. The molecular formula is C43H52F3N5O5S. The summed E-state index contributed by atoms with van der Waals surface area (Å²) in [6.45, 7) is 7.09. The zero-order valence-electron chi connectivity index (χ0n) is 32.5. The normalized spacial score (nSPS) is 16.1. The molecule has 0 radical (unpaired) electrons. The van der Waals surface area contributed by atoms with Crippen molar-refractivity contribution in [1.82, 2.24) is 25.0 Å². The third-order valence-corrected chi connectivity index (χ3v) is 11.7. The number of nitrogens with zero attached hydrogens (tertiary/aromatic N) is 4. The summed E-state index contributed by atoms with van der Waals surface area (Å²) in [4.78, 5) is 35.1. The van der Waals surface area contributed by atoms with Crippen LogP contribution in [0.1, 0.15) is 47.9 Å². The number of carbonyl (C=O) groups is 2. The van der Waals surface area contributed by atoms with Crippen molar-refractivity contribution in [1.29, 1.82) is 0 Å². The molecule has 3 aromatic carbocycles. The molecule has 0 aliphatic carbocycles. The number of sulfone groups is 1. The number of carboxylic acid groups (broad SMARTS) is 1. The third-order valence-electron chi connectivity index (χ3n) is 10.5. The fraction of sp³-hybridized carbons (Fsp3) is 0.419. The Bertz CT molecular complexity index is 1980. The van der Waals surface area contributed by atoms with E-state index in [-0.39, 0.29) is 12.0 Å².